The number of carbonyl (C=O) groups is 2. The van der Waals surface area contributed by atoms with Gasteiger partial charge in [0.15, 0.2) is 11.5 Å². The van der Waals surface area contributed by atoms with Gasteiger partial charge in [-0.1, -0.05) is 29.8 Å². The largest absolute Gasteiger partial charge is 0.490 e. The molecule has 1 aliphatic heterocycles. The summed E-state index contributed by atoms with van der Waals surface area (Å²) in [7, 11) is 0. The Morgan fingerprint density at radius 1 is 1.00 bits per heavy atom. The summed E-state index contributed by atoms with van der Waals surface area (Å²) in [5.74, 6) is 0.356. The number of halogens is 1. The van der Waals surface area contributed by atoms with E-state index in [4.69, 9.17) is 21.1 Å². The molecule has 0 spiro atoms. The molecule has 1 aliphatic rings. The van der Waals surface area contributed by atoms with Crippen LogP contribution in [0.3, 0.4) is 0 Å². The number of nitrogens with zero attached hydrogens (tertiary/aromatic N) is 1. The van der Waals surface area contributed by atoms with E-state index in [1.54, 1.807) is 42.5 Å². The van der Waals surface area contributed by atoms with Crippen LogP contribution >= 0.6 is 11.6 Å². The molecule has 0 fully saturated rings. The molecule has 0 saturated carbocycles. The van der Waals surface area contributed by atoms with Gasteiger partial charge in [0.25, 0.3) is 11.8 Å². The van der Waals surface area contributed by atoms with Crippen molar-refractivity contribution in [2.45, 2.75) is 13.8 Å². The molecule has 7 heteroatoms. The Morgan fingerprint density at radius 3 is 2.30 bits per heavy atom. The zero-order valence-electron chi connectivity index (χ0n) is 16.9. The van der Waals surface area contributed by atoms with Crippen LogP contribution in [0, 0.1) is 0 Å². The third-order valence-corrected chi connectivity index (χ3v) is 4.68. The zero-order valence-corrected chi connectivity index (χ0v) is 17.7. The van der Waals surface area contributed by atoms with Gasteiger partial charge in [0, 0.05) is 23.3 Å². The normalized spacial score (nSPS) is 13.6. The lowest BCUT2D eigenvalue weighted by Gasteiger charge is -2.15. The Kier molecular flexibility index (Phi) is 6.79. The molecule has 1 heterocycles. The standard InChI is InChI=1S/C23H23ClN2O4/c1-4-13-26-22(27)20(15-7-9-16(24)10-8-15)21(23(26)28)25-17-11-12-18(29-5-2)19(14-17)30-6-3/h4,7-12,14,25H,1,5-6,13H2,2-3H3. The molecule has 2 aromatic carbocycles. The van der Waals surface area contributed by atoms with Gasteiger partial charge in [-0.2, -0.15) is 0 Å². The monoisotopic (exact) mass is 426 g/mol. The van der Waals surface area contributed by atoms with Gasteiger partial charge < -0.3 is 14.8 Å². The third-order valence-electron chi connectivity index (χ3n) is 4.43. The molecule has 1 N–H and O–H groups in total. The fourth-order valence-electron chi connectivity index (χ4n) is 3.14. The molecule has 0 aliphatic carbocycles. The van der Waals surface area contributed by atoms with Crippen LogP contribution in [0.4, 0.5) is 5.69 Å². The van der Waals surface area contributed by atoms with E-state index in [9.17, 15) is 9.59 Å². The maximum Gasteiger partial charge on any atom is 0.278 e. The topological polar surface area (TPSA) is 67.9 Å². The molecule has 0 atom stereocenters. The summed E-state index contributed by atoms with van der Waals surface area (Å²) in [4.78, 5) is 27.1. The highest BCUT2D eigenvalue weighted by Crippen LogP contribution is 2.34. The van der Waals surface area contributed by atoms with Gasteiger partial charge in [0.1, 0.15) is 5.70 Å². The molecule has 0 saturated heterocycles. The lowest BCUT2D eigenvalue weighted by Crippen LogP contribution is -2.32. The summed E-state index contributed by atoms with van der Waals surface area (Å²) in [6.45, 7) is 8.49. The molecule has 156 valence electrons. The minimum Gasteiger partial charge on any atom is -0.490 e. The first-order chi connectivity index (χ1) is 14.5. The molecule has 30 heavy (non-hydrogen) atoms. The zero-order chi connectivity index (χ0) is 21.7. The minimum absolute atomic E-state index is 0.118. The summed E-state index contributed by atoms with van der Waals surface area (Å²) < 4.78 is 11.2. The second-order valence-electron chi connectivity index (χ2n) is 6.42. The molecule has 2 aromatic rings. The molecule has 0 unspecified atom stereocenters. The van der Waals surface area contributed by atoms with Crippen LogP contribution in [0.5, 0.6) is 11.5 Å². The summed E-state index contributed by atoms with van der Waals surface area (Å²) in [6.07, 6.45) is 1.52. The molecule has 0 bridgehead atoms. The maximum atomic E-state index is 13.0. The summed E-state index contributed by atoms with van der Waals surface area (Å²) in [5, 5.41) is 3.65. The first kappa shape index (κ1) is 21.5. The number of rotatable bonds is 9. The van der Waals surface area contributed by atoms with Crippen molar-refractivity contribution in [3.63, 3.8) is 0 Å². The van der Waals surface area contributed by atoms with E-state index in [-0.39, 0.29) is 23.7 Å². The SMILES string of the molecule is C=CCN1C(=O)C(Nc2ccc(OCC)c(OCC)c2)=C(c2ccc(Cl)cc2)C1=O. The van der Waals surface area contributed by atoms with Gasteiger partial charge in [0.2, 0.25) is 0 Å². The van der Waals surface area contributed by atoms with Crippen molar-refractivity contribution in [3.05, 3.63) is 71.4 Å². The Balaban J connectivity index is 2.04. The lowest BCUT2D eigenvalue weighted by atomic mass is 10.0. The number of carbonyl (C=O) groups excluding carboxylic acids is 2. The van der Waals surface area contributed by atoms with E-state index >= 15 is 0 Å². The maximum absolute atomic E-state index is 13.0. The van der Waals surface area contributed by atoms with E-state index in [1.165, 1.54) is 6.08 Å². The first-order valence-electron chi connectivity index (χ1n) is 9.64. The van der Waals surface area contributed by atoms with Crippen LogP contribution < -0.4 is 14.8 Å². The summed E-state index contributed by atoms with van der Waals surface area (Å²) >= 11 is 5.98. The average molecular weight is 427 g/mol. The Hall–Kier alpha value is -3.25. The van der Waals surface area contributed by atoms with Gasteiger partial charge in [-0.05, 0) is 43.7 Å². The first-order valence-corrected chi connectivity index (χ1v) is 10.0. The van der Waals surface area contributed by atoms with Crippen molar-refractivity contribution >= 4 is 34.7 Å². The minimum atomic E-state index is -0.420. The van der Waals surface area contributed by atoms with Crippen LogP contribution in [0.25, 0.3) is 5.57 Å². The second kappa shape index (κ2) is 9.50. The van der Waals surface area contributed by atoms with Crippen molar-refractivity contribution in [3.8, 4) is 11.5 Å². The molecule has 3 rings (SSSR count). The molecule has 0 aromatic heterocycles. The van der Waals surface area contributed by atoms with Gasteiger partial charge >= 0.3 is 0 Å². The predicted molar refractivity (Wildman–Crippen MR) is 118 cm³/mol. The predicted octanol–water partition coefficient (Wildman–Crippen LogP) is 4.52. The van der Waals surface area contributed by atoms with Crippen molar-refractivity contribution in [2.24, 2.45) is 0 Å². The smallest absolute Gasteiger partial charge is 0.278 e. The number of hydrogen-bond donors (Lipinski definition) is 1. The van der Waals surface area contributed by atoms with Gasteiger partial charge in [-0.3, -0.25) is 14.5 Å². The van der Waals surface area contributed by atoms with E-state index in [0.29, 0.717) is 41.0 Å². The van der Waals surface area contributed by atoms with Gasteiger partial charge in [-0.15, -0.1) is 6.58 Å². The van der Waals surface area contributed by atoms with E-state index in [0.717, 1.165) is 4.90 Å². The van der Waals surface area contributed by atoms with Gasteiger partial charge in [-0.25, -0.2) is 0 Å². The number of nitrogens with one attached hydrogen (secondary N) is 1. The van der Waals surface area contributed by atoms with E-state index < -0.39 is 5.91 Å². The Morgan fingerprint density at radius 2 is 1.67 bits per heavy atom. The quantitative estimate of drug-likeness (QED) is 0.471. The van der Waals surface area contributed by atoms with Gasteiger partial charge in [0.05, 0.1) is 18.8 Å². The van der Waals surface area contributed by atoms with E-state index in [2.05, 4.69) is 11.9 Å². The van der Waals surface area contributed by atoms with Crippen molar-refractivity contribution < 1.29 is 19.1 Å². The highest BCUT2D eigenvalue weighted by molar-refractivity contribution is 6.37. The average Bonchev–Trinajstić information content (AvgIpc) is 2.96. The van der Waals surface area contributed by atoms with Crippen molar-refractivity contribution in [1.82, 2.24) is 4.90 Å². The third kappa shape index (κ3) is 4.33. The second-order valence-corrected chi connectivity index (χ2v) is 6.86. The number of ether oxygens (including phenoxy) is 2. The highest BCUT2D eigenvalue weighted by Gasteiger charge is 2.38. The molecule has 6 nitrogen and oxygen atoms in total. The highest BCUT2D eigenvalue weighted by atomic mass is 35.5. The molecular formula is C23H23ClN2O4. The Bertz CT molecular complexity index is 999. The fraction of sp³-hybridized carbons (Fsp3) is 0.217. The van der Waals surface area contributed by atoms with Crippen molar-refractivity contribution in [1.29, 1.82) is 0 Å². The molecule has 0 radical (unpaired) electrons. The summed E-state index contributed by atoms with van der Waals surface area (Å²) in [6, 6.07) is 12.1. The molecule has 2 amide bonds. The number of anilines is 1. The van der Waals surface area contributed by atoms with Crippen LogP contribution in [0.2, 0.25) is 5.02 Å². The number of hydrogen-bond acceptors (Lipinski definition) is 5. The van der Waals surface area contributed by atoms with Crippen LogP contribution in [0.1, 0.15) is 19.4 Å². The lowest BCUT2D eigenvalue weighted by molar-refractivity contribution is -0.136. The number of amides is 2. The number of benzene rings is 2. The van der Waals surface area contributed by atoms with Crippen LogP contribution in [-0.2, 0) is 9.59 Å². The summed E-state index contributed by atoms with van der Waals surface area (Å²) in [5.41, 5.74) is 1.67. The number of imide groups is 1. The Labute approximate surface area is 180 Å². The van der Waals surface area contributed by atoms with E-state index in [1.807, 2.05) is 13.8 Å². The van der Waals surface area contributed by atoms with Crippen LogP contribution in [0.15, 0.2) is 60.8 Å². The molecular weight excluding hydrogens is 404 g/mol. The van der Waals surface area contributed by atoms with Crippen LogP contribution in [-0.4, -0.2) is 36.5 Å². The fourth-order valence-corrected chi connectivity index (χ4v) is 3.27. The van der Waals surface area contributed by atoms with Crippen molar-refractivity contribution in [2.75, 3.05) is 25.1 Å².